The lowest BCUT2D eigenvalue weighted by atomic mass is 9.76. The first-order valence-corrected chi connectivity index (χ1v) is 30.2. The number of carbonyl (C=O) groups excluding carboxylic acids is 4. The fourth-order valence-electron chi connectivity index (χ4n) is 12.0. The molecular weight excluding hydrogens is 1150 g/mol. The lowest BCUT2D eigenvalue weighted by molar-refractivity contribution is -0.171. The first-order valence-electron chi connectivity index (χ1n) is 28.0. The van der Waals surface area contributed by atoms with Gasteiger partial charge in [0.05, 0.1) is 37.6 Å². The van der Waals surface area contributed by atoms with Gasteiger partial charge in [0.1, 0.15) is 23.3 Å². The molecule has 428 valence electrons. The average molecular weight is 1220 g/mol. The van der Waals surface area contributed by atoms with Crippen LogP contribution in [-0.2, 0) is 62.3 Å². The molecule has 3 atom stereocenters. The van der Waals surface area contributed by atoms with Gasteiger partial charge in [-0.25, -0.2) is 0 Å². The number of hydrogen-bond acceptors (Lipinski definition) is 10. The first-order chi connectivity index (χ1) is 39.9. The van der Waals surface area contributed by atoms with Crippen molar-refractivity contribution in [3.8, 4) is 22.3 Å². The van der Waals surface area contributed by atoms with Gasteiger partial charge in [-0.1, -0.05) is 241 Å². The normalized spacial score (nSPS) is 14.3. The Bertz CT molecular complexity index is 3400. The minimum atomic E-state index is -0.971. The second-order valence-corrected chi connectivity index (χ2v) is 22.7. The molecule has 2 aliphatic rings. The number of rotatable bonds is 16. The van der Waals surface area contributed by atoms with Crippen LogP contribution in [0.1, 0.15) is 99.4 Å². The Kier molecular flexibility index (Phi) is 19.7. The molecule has 8 aromatic carbocycles. The van der Waals surface area contributed by atoms with Crippen LogP contribution in [0.15, 0.2) is 218 Å². The fraction of sp³-hybridized carbons (Fsp3) is 0.278. The zero-order valence-electron chi connectivity index (χ0n) is 49.2. The molecule has 10 rings (SSSR count). The largest absolute Gasteiger partial charge is 0.469 e. The summed E-state index contributed by atoms with van der Waals surface area (Å²) < 4.78 is 22.4. The van der Waals surface area contributed by atoms with Crippen molar-refractivity contribution in [1.29, 1.82) is 0 Å². The number of nitrogens with zero attached hydrogens (tertiary/aromatic N) is 2. The molecule has 0 N–H and O–H groups in total. The number of ether oxygens (including phenoxy) is 4. The van der Waals surface area contributed by atoms with E-state index in [-0.39, 0.29) is 6.42 Å². The number of alkyl halides is 1. The van der Waals surface area contributed by atoms with Crippen molar-refractivity contribution >= 4 is 46.5 Å². The van der Waals surface area contributed by atoms with Gasteiger partial charge in [-0.15, -0.1) is 0 Å². The second-order valence-electron chi connectivity index (χ2n) is 22.7. The van der Waals surface area contributed by atoms with E-state index in [1.807, 2.05) is 192 Å². The van der Waals surface area contributed by atoms with Crippen LogP contribution in [0.2, 0.25) is 0 Å². The molecule has 10 nitrogen and oxygen atoms in total. The highest BCUT2D eigenvalue weighted by molar-refractivity contribution is 14.1. The van der Waals surface area contributed by atoms with E-state index in [0.717, 1.165) is 66.8 Å². The van der Waals surface area contributed by atoms with E-state index in [1.54, 1.807) is 6.92 Å². The van der Waals surface area contributed by atoms with Crippen molar-refractivity contribution < 1.29 is 38.1 Å². The smallest absolute Gasteiger partial charge is 0.324 e. The average Bonchev–Trinajstić information content (AvgIpc) is 1.72. The minimum absolute atomic E-state index is 0.156. The van der Waals surface area contributed by atoms with E-state index in [1.165, 1.54) is 14.2 Å². The molecule has 0 aromatic heterocycles. The third-order valence-corrected chi connectivity index (χ3v) is 15.2. The summed E-state index contributed by atoms with van der Waals surface area (Å²) in [5.74, 6) is -2.70. The molecule has 8 aromatic rings. The highest BCUT2D eigenvalue weighted by atomic mass is 127. The minimum Gasteiger partial charge on any atom is -0.469 e. The Morgan fingerprint density at radius 1 is 0.422 bits per heavy atom. The Morgan fingerprint density at radius 2 is 0.735 bits per heavy atom. The van der Waals surface area contributed by atoms with Crippen molar-refractivity contribution in [1.82, 2.24) is 9.80 Å². The lowest BCUT2D eigenvalue weighted by Gasteiger charge is -2.48. The SMILES string of the molecule is CI.COC(=O)C[C@@H](C(=O)OC(C)(C)C)N(Cc1ccccc1)C1(c2ccccc2)c2ccccc2-c2ccccc21.COC(=O)[C@H](C)[C@@H](C(=O)OC(C)(C)C)N(Cc1ccccc1)C1(c2ccccc2)c2ccccc2-c2ccccc21. The summed E-state index contributed by atoms with van der Waals surface area (Å²) in [6.45, 7) is 13.6. The summed E-state index contributed by atoms with van der Waals surface area (Å²) >= 11 is 2.15. The number of esters is 4. The molecule has 0 spiro atoms. The van der Waals surface area contributed by atoms with Crippen LogP contribution in [-0.4, -0.2) is 76.1 Å². The number of methoxy groups -OCH3 is 2. The molecule has 0 unspecified atom stereocenters. The molecule has 0 heterocycles. The summed E-state index contributed by atoms with van der Waals surface area (Å²) in [7, 11) is 2.71. The Balaban J connectivity index is 0.000000211. The lowest BCUT2D eigenvalue weighted by Crippen LogP contribution is -2.58. The van der Waals surface area contributed by atoms with E-state index in [4.69, 9.17) is 18.9 Å². The summed E-state index contributed by atoms with van der Waals surface area (Å²) in [6, 6.07) is 72.0. The topological polar surface area (TPSA) is 112 Å². The van der Waals surface area contributed by atoms with Gasteiger partial charge in [0.25, 0.3) is 0 Å². The van der Waals surface area contributed by atoms with Crippen molar-refractivity contribution in [2.45, 2.75) is 102 Å². The highest BCUT2D eigenvalue weighted by Crippen LogP contribution is 2.57. The molecular formula is C72H75IN2O8. The molecule has 11 heteroatoms. The van der Waals surface area contributed by atoms with Crippen LogP contribution in [0.4, 0.5) is 0 Å². The second kappa shape index (κ2) is 26.7. The summed E-state index contributed by atoms with van der Waals surface area (Å²) in [6.07, 6.45) is -0.156. The molecule has 0 bridgehead atoms. The zero-order chi connectivity index (χ0) is 59.5. The molecule has 0 amide bonds. The summed E-state index contributed by atoms with van der Waals surface area (Å²) in [5, 5.41) is 0. The van der Waals surface area contributed by atoms with Crippen molar-refractivity contribution in [3.63, 3.8) is 0 Å². The van der Waals surface area contributed by atoms with Crippen molar-refractivity contribution in [3.05, 3.63) is 263 Å². The predicted molar refractivity (Wildman–Crippen MR) is 337 cm³/mol. The van der Waals surface area contributed by atoms with Gasteiger partial charge >= 0.3 is 23.9 Å². The monoisotopic (exact) mass is 1220 g/mol. The Labute approximate surface area is 503 Å². The molecule has 2 aliphatic carbocycles. The molecule has 0 radical (unpaired) electrons. The highest BCUT2D eigenvalue weighted by Gasteiger charge is 2.56. The maximum atomic E-state index is 14.3. The third-order valence-electron chi connectivity index (χ3n) is 15.2. The van der Waals surface area contributed by atoms with E-state index < -0.39 is 64.2 Å². The van der Waals surface area contributed by atoms with Gasteiger partial charge in [0, 0.05) is 13.1 Å². The van der Waals surface area contributed by atoms with Gasteiger partial charge in [-0.2, -0.15) is 0 Å². The van der Waals surface area contributed by atoms with Crippen molar-refractivity contribution in [2.24, 2.45) is 5.92 Å². The predicted octanol–water partition coefficient (Wildman–Crippen LogP) is 14.8. The standard InChI is InChI=1S/C36H37NO4.C35H35NO4.CH3I/c1-25(33(38)40-5)32(34(39)41-35(2,3)4)37(24-26-16-8-6-9-17-26)36(27-18-10-7-11-19-27)30-22-14-12-20-28(30)29-21-13-15-23-31(29)36;1-34(2,3)40-33(38)31(23-32(37)39-4)36(24-25-15-7-5-8-16-25)35(26-17-9-6-10-18-26)29-21-13-11-19-27(29)28-20-12-14-22-30(28)35;1-2/h6-23,25,32H,24H2,1-5H3;5-22,31H,23-24H2,1-4H3;1H3/t25-,32+;31-;/m10./s1. The van der Waals surface area contributed by atoms with Crippen LogP contribution in [0.3, 0.4) is 0 Å². The van der Waals surface area contributed by atoms with E-state index in [9.17, 15) is 19.2 Å². The molecule has 0 fully saturated rings. The van der Waals surface area contributed by atoms with Crippen LogP contribution < -0.4 is 0 Å². The number of halogens is 1. The number of hydrogen-bond donors (Lipinski definition) is 0. The fourth-order valence-corrected chi connectivity index (χ4v) is 12.0. The van der Waals surface area contributed by atoms with Crippen LogP contribution >= 0.6 is 22.6 Å². The van der Waals surface area contributed by atoms with Gasteiger partial charge in [-0.05, 0) is 120 Å². The van der Waals surface area contributed by atoms with Crippen LogP contribution in [0, 0.1) is 5.92 Å². The maximum Gasteiger partial charge on any atom is 0.324 e. The van der Waals surface area contributed by atoms with E-state index >= 15 is 0 Å². The first kappa shape index (κ1) is 61.4. The van der Waals surface area contributed by atoms with E-state index in [0.29, 0.717) is 13.1 Å². The molecule has 83 heavy (non-hydrogen) atoms. The Hall–Kier alpha value is -7.71. The number of carbonyl (C=O) groups is 4. The molecule has 0 aliphatic heterocycles. The third kappa shape index (κ3) is 12.8. The summed E-state index contributed by atoms with van der Waals surface area (Å²) in [4.78, 5) is 61.0. The van der Waals surface area contributed by atoms with E-state index in [2.05, 4.69) is 105 Å². The Morgan fingerprint density at radius 3 is 1.08 bits per heavy atom. The maximum absolute atomic E-state index is 14.3. The number of fused-ring (bicyclic) bond motifs is 6. The van der Waals surface area contributed by atoms with Crippen LogP contribution in [0.25, 0.3) is 22.3 Å². The quantitative estimate of drug-likeness (QED) is 0.0401. The van der Waals surface area contributed by atoms with Gasteiger partial charge in [0.2, 0.25) is 0 Å². The van der Waals surface area contributed by atoms with Gasteiger partial charge < -0.3 is 18.9 Å². The molecule has 0 saturated heterocycles. The zero-order valence-corrected chi connectivity index (χ0v) is 51.3. The summed E-state index contributed by atoms with van der Waals surface area (Å²) in [5.41, 5.74) is 9.32. The van der Waals surface area contributed by atoms with Gasteiger partial charge in [0.15, 0.2) is 0 Å². The van der Waals surface area contributed by atoms with Crippen LogP contribution in [0.5, 0.6) is 0 Å². The number of benzene rings is 8. The van der Waals surface area contributed by atoms with Gasteiger partial charge in [-0.3, -0.25) is 29.0 Å². The molecule has 0 saturated carbocycles. The van der Waals surface area contributed by atoms with Crippen molar-refractivity contribution in [2.75, 3.05) is 19.2 Å².